The lowest BCUT2D eigenvalue weighted by atomic mass is 9.80. The van der Waals surface area contributed by atoms with Crippen LogP contribution >= 0.6 is 0 Å². The normalized spacial score (nSPS) is 13.3. The summed E-state index contributed by atoms with van der Waals surface area (Å²) in [4.78, 5) is 8.62. The maximum absolute atomic E-state index is 9.60. The van der Waals surface area contributed by atoms with Gasteiger partial charge in [0.2, 0.25) is 0 Å². The molecule has 0 atom stereocenters. The molecule has 1 fully saturated rings. The predicted molar refractivity (Wildman–Crippen MR) is 204 cm³/mol. The molecule has 1 aliphatic carbocycles. The van der Waals surface area contributed by atoms with Crippen LogP contribution in [0.25, 0.3) is 21.8 Å². The van der Waals surface area contributed by atoms with Crippen molar-refractivity contribution in [3.63, 3.8) is 0 Å². The number of hydrogen-bond donors (Lipinski definition) is 1. The molecule has 258 valence electrons. The zero-order chi connectivity index (χ0) is 36.0. The molecule has 1 saturated carbocycles. The molecule has 0 saturated heterocycles. The Hall–Kier alpha value is -4.50. The molecule has 0 radical (unpaired) electrons. The fraction of sp³-hybridized carbons (Fsp3) is 0.455. The Morgan fingerprint density at radius 2 is 1.27 bits per heavy atom. The number of aromatic nitrogens is 2. The zero-order valence-electron chi connectivity index (χ0n) is 31.0. The van der Waals surface area contributed by atoms with Gasteiger partial charge in [-0.2, -0.15) is 0 Å². The Bertz CT molecular complexity index is 1820. The summed E-state index contributed by atoms with van der Waals surface area (Å²) < 4.78 is 11.5. The molecule has 2 heterocycles. The highest BCUT2D eigenvalue weighted by Crippen LogP contribution is 2.31. The van der Waals surface area contributed by atoms with Crippen molar-refractivity contribution in [3.8, 4) is 47.0 Å². The van der Waals surface area contributed by atoms with Crippen molar-refractivity contribution in [3.05, 3.63) is 73.1 Å². The van der Waals surface area contributed by atoms with Gasteiger partial charge in [0.25, 0.3) is 0 Å². The smallest absolute Gasteiger partial charge is 0.128 e. The van der Waals surface area contributed by atoms with E-state index in [1.165, 1.54) is 0 Å². The van der Waals surface area contributed by atoms with E-state index in [0.29, 0.717) is 13.2 Å². The van der Waals surface area contributed by atoms with E-state index in [1.807, 2.05) is 60.7 Å². The third-order valence-corrected chi connectivity index (χ3v) is 6.94. The Labute approximate surface area is 295 Å². The second-order valence-corrected chi connectivity index (χ2v) is 15.4. The van der Waals surface area contributed by atoms with Crippen LogP contribution < -0.4 is 9.47 Å². The summed E-state index contributed by atoms with van der Waals surface area (Å²) in [6.45, 7) is 20.0. The molecular weight excluding hydrogens is 604 g/mol. The van der Waals surface area contributed by atoms with Gasteiger partial charge in [-0.1, -0.05) is 47.7 Å². The van der Waals surface area contributed by atoms with E-state index in [2.05, 4.69) is 108 Å². The molecule has 5 rings (SSSR count). The molecule has 0 unspecified atom stereocenters. The fourth-order valence-electron chi connectivity index (χ4n) is 4.36. The SMILES string of the molecule is CC(C)(C)C#CC1(O)CCC1.CC(C)(C)C#CCCOc1ccc2cccnc2c1.CC(C)(C)C#CCCOc1cccc2ncccc12. The maximum Gasteiger partial charge on any atom is 0.128 e. The van der Waals surface area contributed by atoms with E-state index < -0.39 is 5.60 Å². The number of aliphatic hydroxyl groups is 1. The lowest BCUT2D eigenvalue weighted by Gasteiger charge is -2.31. The monoisotopic (exact) mass is 658 g/mol. The van der Waals surface area contributed by atoms with Crippen molar-refractivity contribution in [2.24, 2.45) is 16.2 Å². The molecule has 0 spiro atoms. The topological polar surface area (TPSA) is 64.5 Å². The lowest BCUT2D eigenvalue weighted by molar-refractivity contribution is 0.0236. The number of ether oxygens (including phenoxy) is 2. The van der Waals surface area contributed by atoms with Crippen molar-refractivity contribution in [1.29, 1.82) is 0 Å². The lowest BCUT2D eigenvalue weighted by Crippen LogP contribution is -2.35. The minimum absolute atomic E-state index is 0.0192. The summed E-state index contributed by atoms with van der Waals surface area (Å²) in [5, 5.41) is 11.8. The van der Waals surface area contributed by atoms with E-state index in [0.717, 1.165) is 65.4 Å². The van der Waals surface area contributed by atoms with Crippen LogP contribution in [0.2, 0.25) is 0 Å². The minimum atomic E-state index is -0.632. The van der Waals surface area contributed by atoms with Crippen molar-refractivity contribution < 1.29 is 14.6 Å². The van der Waals surface area contributed by atoms with Gasteiger partial charge in [-0.05, 0) is 124 Å². The Morgan fingerprint density at radius 3 is 1.86 bits per heavy atom. The van der Waals surface area contributed by atoms with Crippen LogP contribution in [0.1, 0.15) is 94.4 Å². The molecule has 0 bridgehead atoms. The van der Waals surface area contributed by atoms with E-state index in [1.54, 1.807) is 12.4 Å². The van der Waals surface area contributed by atoms with Gasteiger partial charge < -0.3 is 14.6 Å². The van der Waals surface area contributed by atoms with Crippen LogP contribution in [0.4, 0.5) is 0 Å². The first-order valence-electron chi connectivity index (χ1n) is 17.2. The Balaban J connectivity index is 0.000000207. The van der Waals surface area contributed by atoms with Gasteiger partial charge in [-0.25, -0.2) is 0 Å². The highest BCUT2D eigenvalue weighted by atomic mass is 16.5. The number of hydrogen-bond acceptors (Lipinski definition) is 5. The number of rotatable bonds is 6. The molecular formula is C44H54N2O3. The number of nitrogens with zero attached hydrogens (tertiary/aromatic N) is 2. The molecule has 2 aromatic carbocycles. The average molecular weight is 659 g/mol. The molecule has 1 N–H and O–H groups in total. The van der Waals surface area contributed by atoms with Crippen LogP contribution in [0.3, 0.4) is 0 Å². The summed E-state index contributed by atoms with van der Waals surface area (Å²) in [7, 11) is 0. The first kappa shape index (κ1) is 38.9. The van der Waals surface area contributed by atoms with E-state index in [4.69, 9.17) is 9.47 Å². The van der Waals surface area contributed by atoms with Gasteiger partial charge in [0.1, 0.15) is 17.1 Å². The maximum atomic E-state index is 9.60. The number of pyridine rings is 2. The number of benzene rings is 2. The van der Waals surface area contributed by atoms with Crippen LogP contribution in [0, 0.1) is 51.8 Å². The molecule has 0 amide bonds. The minimum Gasteiger partial charge on any atom is -0.493 e. The molecule has 5 nitrogen and oxygen atoms in total. The van der Waals surface area contributed by atoms with Crippen LogP contribution in [0.15, 0.2) is 73.1 Å². The average Bonchev–Trinajstić information content (AvgIpc) is 3.02. The standard InChI is InChI=1S/2C17H19NO.C10H16O/c1-17(2,3)11-4-5-13-19-16-10-6-9-15-14(16)8-7-12-18-15;1-17(2,3)10-4-5-12-19-15-9-8-14-7-6-11-18-16(14)13-15;1-9(2,3)7-8-10(11)5-4-6-10/h6-10,12H,5,13H2,1-3H3;6-9,11,13H,5,12H2,1-3H3;11H,4-6H2,1-3H3. The third kappa shape index (κ3) is 15.5. The van der Waals surface area contributed by atoms with Crippen LogP contribution in [-0.4, -0.2) is 33.9 Å². The third-order valence-electron chi connectivity index (χ3n) is 6.94. The quantitative estimate of drug-likeness (QED) is 0.165. The van der Waals surface area contributed by atoms with Crippen molar-refractivity contribution in [1.82, 2.24) is 9.97 Å². The number of fused-ring (bicyclic) bond motifs is 2. The van der Waals surface area contributed by atoms with E-state index in [9.17, 15) is 5.11 Å². The first-order valence-corrected chi connectivity index (χ1v) is 17.2. The molecule has 0 aliphatic heterocycles. The first-order chi connectivity index (χ1) is 23.0. The van der Waals surface area contributed by atoms with Gasteiger partial charge in [0.05, 0.1) is 24.2 Å². The van der Waals surface area contributed by atoms with Crippen molar-refractivity contribution >= 4 is 21.8 Å². The van der Waals surface area contributed by atoms with Gasteiger partial charge in [0, 0.05) is 58.3 Å². The highest BCUT2D eigenvalue weighted by molar-refractivity contribution is 5.84. The van der Waals surface area contributed by atoms with Gasteiger partial charge in [0.15, 0.2) is 0 Å². The summed E-state index contributed by atoms with van der Waals surface area (Å²) in [6.07, 6.45) is 7.91. The van der Waals surface area contributed by atoms with E-state index in [-0.39, 0.29) is 16.2 Å². The summed E-state index contributed by atoms with van der Waals surface area (Å²) in [5.41, 5.74) is 1.43. The van der Waals surface area contributed by atoms with Gasteiger partial charge in [-0.3, -0.25) is 9.97 Å². The molecule has 5 heteroatoms. The summed E-state index contributed by atoms with van der Waals surface area (Å²) >= 11 is 0. The van der Waals surface area contributed by atoms with Crippen molar-refractivity contribution in [2.45, 2.75) is 100 Å². The summed E-state index contributed by atoms with van der Waals surface area (Å²) in [6, 6.07) is 19.8. The molecule has 1 aliphatic rings. The zero-order valence-corrected chi connectivity index (χ0v) is 31.0. The second kappa shape index (κ2) is 17.8. The van der Waals surface area contributed by atoms with Crippen LogP contribution in [0.5, 0.6) is 11.5 Å². The largest absolute Gasteiger partial charge is 0.493 e. The summed E-state index contributed by atoms with van der Waals surface area (Å²) in [5.74, 6) is 20.4. The van der Waals surface area contributed by atoms with E-state index >= 15 is 0 Å². The molecule has 2 aromatic heterocycles. The van der Waals surface area contributed by atoms with Gasteiger partial charge >= 0.3 is 0 Å². The van der Waals surface area contributed by atoms with Crippen LogP contribution in [-0.2, 0) is 0 Å². The Morgan fingerprint density at radius 1 is 0.673 bits per heavy atom. The molecule has 4 aromatic rings. The fourth-order valence-corrected chi connectivity index (χ4v) is 4.36. The second-order valence-electron chi connectivity index (χ2n) is 15.4. The molecule has 49 heavy (non-hydrogen) atoms. The van der Waals surface area contributed by atoms with Crippen molar-refractivity contribution in [2.75, 3.05) is 13.2 Å². The van der Waals surface area contributed by atoms with Gasteiger partial charge in [-0.15, -0.1) is 0 Å². The highest BCUT2D eigenvalue weighted by Gasteiger charge is 2.32. The Kier molecular flexibility index (Phi) is 14.1. The predicted octanol–water partition coefficient (Wildman–Crippen LogP) is 10.1.